The van der Waals surface area contributed by atoms with Crippen molar-refractivity contribution in [3.05, 3.63) is 40.8 Å². The fourth-order valence-corrected chi connectivity index (χ4v) is 2.10. The van der Waals surface area contributed by atoms with Crippen LogP contribution in [0.5, 0.6) is 0 Å². The standard InChI is InChI=1S/C12H6N2S/c13-7-10(8-14)5-9-1-2-12-11(6-9)3-4-15-12/h1-6H. The van der Waals surface area contributed by atoms with E-state index in [1.807, 2.05) is 41.8 Å². The Morgan fingerprint density at radius 1 is 1.20 bits per heavy atom. The van der Waals surface area contributed by atoms with Crippen LogP contribution in [-0.4, -0.2) is 0 Å². The lowest BCUT2D eigenvalue weighted by Crippen LogP contribution is -1.75. The van der Waals surface area contributed by atoms with Gasteiger partial charge in [0.05, 0.1) is 0 Å². The van der Waals surface area contributed by atoms with Gasteiger partial charge in [-0.15, -0.1) is 11.3 Å². The van der Waals surface area contributed by atoms with Crippen molar-refractivity contribution in [2.45, 2.75) is 0 Å². The summed E-state index contributed by atoms with van der Waals surface area (Å²) in [5.41, 5.74) is 1.02. The first-order chi connectivity index (χ1) is 7.33. The molecular formula is C12H6N2S. The van der Waals surface area contributed by atoms with Gasteiger partial charge in [-0.25, -0.2) is 0 Å². The lowest BCUT2D eigenvalue weighted by molar-refractivity contribution is 1.47. The number of hydrogen-bond acceptors (Lipinski definition) is 3. The van der Waals surface area contributed by atoms with Gasteiger partial charge in [0.2, 0.25) is 0 Å². The number of rotatable bonds is 1. The van der Waals surface area contributed by atoms with E-state index in [1.54, 1.807) is 17.4 Å². The molecule has 2 aromatic rings. The molecule has 0 aliphatic heterocycles. The van der Waals surface area contributed by atoms with Gasteiger partial charge in [0.1, 0.15) is 17.7 Å². The molecule has 0 N–H and O–H groups in total. The van der Waals surface area contributed by atoms with Crippen molar-refractivity contribution >= 4 is 27.5 Å². The van der Waals surface area contributed by atoms with Crippen LogP contribution in [-0.2, 0) is 0 Å². The van der Waals surface area contributed by atoms with E-state index in [0.29, 0.717) is 0 Å². The Balaban J connectivity index is 2.51. The second-order valence-corrected chi connectivity index (χ2v) is 3.95. The number of thiophene rings is 1. The third kappa shape index (κ3) is 1.88. The Hall–Kier alpha value is -2.10. The van der Waals surface area contributed by atoms with Crippen LogP contribution >= 0.6 is 11.3 Å². The van der Waals surface area contributed by atoms with E-state index in [9.17, 15) is 0 Å². The molecule has 0 amide bonds. The minimum absolute atomic E-state index is 0.129. The second kappa shape index (κ2) is 3.96. The predicted octanol–water partition coefficient (Wildman–Crippen LogP) is 3.33. The lowest BCUT2D eigenvalue weighted by Gasteiger charge is -1.93. The highest BCUT2D eigenvalue weighted by atomic mass is 32.1. The number of allylic oxidation sites excluding steroid dienone is 1. The molecule has 70 valence electrons. The van der Waals surface area contributed by atoms with E-state index in [1.165, 1.54) is 4.70 Å². The molecule has 1 aromatic heterocycles. The van der Waals surface area contributed by atoms with Crippen LogP contribution in [0.1, 0.15) is 5.56 Å². The quantitative estimate of drug-likeness (QED) is 0.678. The molecular weight excluding hydrogens is 204 g/mol. The predicted molar refractivity (Wildman–Crippen MR) is 61.0 cm³/mol. The summed E-state index contributed by atoms with van der Waals surface area (Å²) in [6.07, 6.45) is 1.59. The van der Waals surface area contributed by atoms with Crippen LogP contribution in [0, 0.1) is 22.7 Å². The summed E-state index contributed by atoms with van der Waals surface area (Å²) in [4.78, 5) is 0. The van der Waals surface area contributed by atoms with Crippen LogP contribution in [0.2, 0.25) is 0 Å². The summed E-state index contributed by atoms with van der Waals surface area (Å²) in [5, 5.41) is 20.4. The topological polar surface area (TPSA) is 47.6 Å². The van der Waals surface area contributed by atoms with Gasteiger partial charge in [-0.05, 0) is 40.6 Å². The van der Waals surface area contributed by atoms with Crippen molar-refractivity contribution in [2.75, 3.05) is 0 Å². The summed E-state index contributed by atoms with van der Waals surface area (Å²) in [6, 6.07) is 11.6. The third-order valence-corrected chi connectivity index (χ3v) is 2.93. The first-order valence-corrected chi connectivity index (χ1v) is 5.20. The van der Waals surface area contributed by atoms with Gasteiger partial charge in [0.25, 0.3) is 0 Å². The van der Waals surface area contributed by atoms with Gasteiger partial charge < -0.3 is 0 Å². The second-order valence-electron chi connectivity index (χ2n) is 3.00. The smallest absolute Gasteiger partial charge is 0.130 e. The van der Waals surface area contributed by atoms with Crippen LogP contribution in [0.3, 0.4) is 0 Å². The van der Waals surface area contributed by atoms with Crippen molar-refractivity contribution in [3.63, 3.8) is 0 Å². The Morgan fingerprint density at radius 2 is 2.00 bits per heavy atom. The molecule has 0 unspecified atom stereocenters. The zero-order valence-corrected chi connectivity index (χ0v) is 8.58. The van der Waals surface area contributed by atoms with Crippen molar-refractivity contribution < 1.29 is 0 Å². The van der Waals surface area contributed by atoms with Crippen LogP contribution in [0.25, 0.3) is 16.2 Å². The molecule has 1 heterocycles. The molecule has 15 heavy (non-hydrogen) atoms. The number of nitriles is 2. The maximum absolute atomic E-state index is 8.62. The number of benzene rings is 1. The molecule has 0 fully saturated rings. The molecule has 0 bridgehead atoms. The SMILES string of the molecule is N#CC(C#N)=Cc1ccc2sccc2c1. The molecule has 0 saturated heterocycles. The molecule has 0 aliphatic carbocycles. The van der Waals surface area contributed by atoms with E-state index in [2.05, 4.69) is 0 Å². The van der Waals surface area contributed by atoms with Crippen molar-refractivity contribution in [3.8, 4) is 12.1 Å². The molecule has 0 aliphatic rings. The van der Waals surface area contributed by atoms with Gasteiger partial charge in [0.15, 0.2) is 0 Å². The Morgan fingerprint density at radius 3 is 2.73 bits per heavy atom. The highest BCUT2D eigenvalue weighted by Gasteiger charge is 1.97. The number of nitrogens with zero attached hydrogens (tertiary/aromatic N) is 2. The average molecular weight is 210 g/mol. The summed E-state index contributed by atoms with van der Waals surface area (Å²) in [7, 11) is 0. The molecule has 0 saturated carbocycles. The normalized spacial score (nSPS) is 9.20. The maximum Gasteiger partial charge on any atom is 0.130 e. The van der Waals surface area contributed by atoms with Crippen LogP contribution in [0.15, 0.2) is 35.2 Å². The minimum Gasteiger partial charge on any atom is -0.192 e. The van der Waals surface area contributed by atoms with E-state index >= 15 is 0 Å². The monoisotopic (exact) mass is 210 g/mol. The fourth-order valence-electron chi connectivity index (χ4n) is 1.33. The maximum atomic E-state index is 8.62. The zero-order chi connectivity index (χ0) is 10.7. The van der Waals surface area contributed by atoms with Crippen molar-refractivity contribution in [1.82, 2.24) is 0 Å². The fraction of sp³-hybridized carbons (Fsp3) is 0. The van der Waals surface area contributed by atoms with Crippen LogP contribution < -0.4 is 0 Å². The van der Waals surface area contributed by atoms with E-state index in [4.69, 9.17) is 10.5 Å². The summed E-state index contributed by atoms with van der Waals surface area (Å²) >= 11 is 1.68. The Bertz CT molecular complexity index is 592. The number of hydrogen-bond donors (Lipinski definition) is 0. The highest BCUT2D eigenvalue weighted by Crippen LogP contribution is 2.22. The van der Waals surface area contributed by atoms with Crippen LogP contribution in [0.4, 0.5) is 0 Å². The molecule has 0 radical (unpaired) electrons. The zero-order valence-electron chi connectivity index (χ0n) is 7.77. The molecule has 1 aromatic carbocycles. The Kier molecular flexibility index (Phi) is 2.49. The molecule has 3 heteroatoms. The summed E-state index contributed by atoms with van der Waals surface area (Å²) < 4.78 is 1.21. The first kappa shape index (κ1) is 9.45. The molecule has 2 nitrogen and oxygen atoms in total. The van der Waals surface area contributed by atoms with Gasteiger partial charge >= 0.3 is 0 Å². The molecule has 0 atom stereocenters. The summed E-state index contributed by atoms with van der Waals surface area (Å²) in [5.74, 6) is 0. The van der Waals surface area contributed by atoms with Crippen molar-refractivity contribution in [2.24, 2.45) is 0 Å². The van der Waals surface area contributed by atoms with Crippen molar-refractivity contribution in [1.29, 1.82) is 10.5 Å². The van der Waals surface area contributed by atoms with Gasteiger partial charge in [-0.2, -0.15) is 10.5 Å². The molecule has 2 rings (SSSR count). The number of fused-ring (bicyclic) bond motifs is 1. The third-order valence-electron chi connectivity index (χ3n) is 2.03. The minimum atomic E-state index is 0.129. The first-order valence-electron chi connectivity index (χ1n) is 4.32. The van der Waals surface area contributed by atoms with Gasteiger partial charge in [-0.3, -0.25) is 0 Å². The van der Waals surface area contributed by atoms with E-state index in [-0.39, 0.29) is 5.57 Å². The average Bonchev–Trinajstić information content (AvgIpc) is 2.73. The molecule has 0 spiro atoms. The largest absolute Gasteiger partial charge is 0.192 e. The van der Waals surface area contributed by atoms with Gasteiger partial charge in [0, 0.05) is 4.70 Å². The van der Waals surface area contributed by atoms with E-state index in [0.717, 1.165) is 10.9 Å². The summed E-state index contributed by atoms with van der Waals surface area (Å²) in [6.45, 7) is 0. The highest BCUT2D eigenvalue weighted by molar-refractivity contribution is 7.17. The lowest BCUT2D eigenvalue weighted by atomic mass is 10.1. The Labute approximate surface area is 91.3 Å². The van der Waals surface area contributed by atoms with E-state index < -0.39 is 0 Å². The van der Waals surface area contributed by atoms with Gasteiger partial charge in [-0.1, -0.05) is 6.07 Å².